The van der Waals surface area contributed by atoms with Crippen LogP contribution >= 0.6 is 11.8 Å². The maximum atomic E-state index is 13.0. The molecule has 8 nitrogen and oxygen atoms in total. The van der Waals surface area contributed by atoms with Gasteiger partial charge in [0.25, 0.3) is 0 Å². The van der Waals surface area contributed by atoms with Crippen molar-refractivity contribution in [3.05, 3.63) is 95.1 Å². The smallest absolute Gasteiger partial charge is 0.396 e. The summed E-state index contributed by atoms with van der Waals surface area (Å²) in [4.78, 5) is 25.2. The summed E-state index contributed by atoms with van der Waals surface area (Å²) in [5.74, 6) is -1.29. The zero-order valence-corrected chi connectivity index (χ0v) is 25.9. The number of benzene rings is 3. The minimum Gasteiger partial charge on any atom is -0.396 e. The van der Waals surface area contributed by atoms with Crippen LogP contribution < -0.4 is 5.32 Å². The van der Waals surface area contributed by atoms with Crippen molar-refractivity contribution in [2.45, 2.75) is 63.1 Å². The van der Waals surface area contributed by atoms with Gasteiger partial charge in [0.15, 0.2) is 6.29 Å². The monoisotopic (exact) mass is 658 g/mol. The summed E-state index contributed by atoms with van der Waals surface area (Å²) in [6.07, 6.45) is -4.86. The summed E-state index contributed by atoms with van der Waals surface area (Å²) in [5, 5.41) is 21.4. The number of nitrogens with one attached hydrogen (secondary N) is 1. The number of nitrogens with zero attached hydrogens (tertiary/aromatic N) is 1. The number of thioether (sulfide) groups is 1. The first-order valence-corrected chi connectivity index (χ1v) is 16.4. The van der Waals surface area contributed by atoms with E-state index in [4.69, 9.17) is 9.47 Å². The minimum atomic E-state index is -5.02. The highest BCUT2D eigenvalue weighted by Gasteiger charge is 2.47. The molecular weight excluding hydrogens is 621 g/mol. The lowest BCUT2D eigenvalue weighted by atomic mass is 9.99. The van der Waals surface area contributed by atoms with Crippen molar-refractivity contribution in [1.29, 1.82) is 0 Å². The molecule has 0 aliphatic carbocycles. The molecule has 3 aromatic rings. The van der Waals surface area contributed by atoms with Gasteiger partial charge in [0.2, 0.25) is 5.91 Å². The van der Waals surface area contributed by atoms with Crippen LogP contribution in [0.1, 0.15) is 53.9 Å². The average Bonchev–Trinajstić information content (AvgIpc) is 3.57. The summed E-state index contributed by atoms with van der Waals surface area (Å²) < 4.78 is 51.8. The number of alkyl halides is 3. The topological polar surface area (TPSA) is 108 Å². The summed E-state index contributed by atoms with van der Waals surface area (Å²) in [6.45, 7) is 0.0384. The Balaban J connectivity index is 1.28. The SMILES string of the molecule is O=C(NCc1cccc(-c2cccc(C3OC(CSCCO)CC(c4ccc(CO)cc4)O3)c2)c1)C1CCCN1C(=O)C(F)(F)F. The number of rotatable bonds is 11. The standard InChI is InChI=1S/C34H37F3N2O6S/c35-34(36,37)33(43)39-13-3-8-29(39)31(42)38-19-23-4-1-5-25(16-23)26-6-2-7-27(17-26)32-44-28(21-46-15-14-40)18-30(45-32)24-11-9-22(20-41)10-12-24/h1-2,4-7,9-12,16-17,28-30,32,40-41H,3,8,13-15,18-21H2,(H,38,42). The van der Waals surface area contributed by atoms with E-state index in [1.54, 1.807) is 11.8 Å². The minimum absolute atomic E-state index is 0.0413. The molecule has 246 valence electrons. The van der Waals surface area contributed by atoms with E-state index in [2.05, 4.69) is 5.32 Å². The van der Waals surface area contributed by atoms with Gasteiger partial charge in [0.05, 0.1) is 25.4 Å². The summed E-state index contributed by atoms with van der Waals surface area (Å²) in [6, 6.07) is 21.8. The fourth-order valence-corrected chi connectivity index (χ4v) is 6.55. The Labute approximate surface area is 269 Å². The molecule has 2 fully saturated rings. The van der Waals surface area contributed by atoms with Crippen molar-refractivity contribution >= 4 is 23.6 Å². The van der Waals surface area contributed by atoms with Crippen molar-refractivity contribution < 1.29 is 42.4 Å². The fourth-order valence-electron chi connectivity index (χ4n) is 5.78. The largest absolute Gasteiger partial charge is 0.471 e. The number of amides is 2. The fraction of sp³-hybridized carbons (Fsp3) is 0.412. The molecule has 2 aliphatic rings. The van der Waals surface area contributed by atoms with Crippen molar-refractivity contribution in [2.75, 3.05) is 24.7 Å². The highest BCUT2D eigenvalue weighted by atomic mass is 32.2. The van der Waals surface area contributed by atoms with Crippen LogP contribution in [0.5, 0.6) is 0 Å². The van der Waals surface area contributed by atoms with Gasteiger partial charge in [-0.15, -0.1) is 0 Å². The number of aliphatic hydroxyl groups is 2. The second kappa shape index (κ2) is 15.4. The predicted molar refractivity (Wildman–Crippen MR) is 167 cm³/mol. The first kappa shape index (κ1) is 33.9. The van der Waals surface area contributed by atoms with Gasteiger partial charge in [-0.3, -0.25) is 9.59 Å². The molecule has 3 aromatic carbocycles. The van der Waals surface area contributed by atoms with E-state index in [0.29, 0.717) is 29.2 Å². The van der Waals surface area contributed by atoms with Crippen molar-refractivity contribution in [3.63, 3.8) is 0 Å². The zero-order chi connectivity index (χ0) is 32.7. The predicted octanol–water partition coefficient (Wildman–Crippen LogP) is 5.29. The van der Waals surface area contributed by atoms with Crippen LogP contribution in [-0.4, -0.2) is 69.9 Å². The summed E-state index contributed by atoms with van der Waals surface area (Å²) in [5.41, 5.74) is 5.12. The van der Waals surface area contributed by atoms with Crippen LogP contribution in [0.3, 0.4) is 0 Å². The Morgan fingerprint density at radius 2 is 1.67 bits per heavy atom. The summed E-state index contributed by atoms with van der Waals surface area (Å²) in [7, 11) is 0. The Morgan fingerprint density at radius 3 is 2.39 bits per heavy atom. The van der Waals surface area contributed by atoms with Crippen molar-refractivity contribution in [1.82, 2.24) is 10.2 Å². The lowest BCUT2D eigenvalue weighted by Crippen LogP contribution is -2.50. The highest BCUT2D eigenvalue weighted by molar-refractivity contribution is 7.99. The second-order valence-electron chi connectivity index (χ2n) is 11.3. The molecule has 2 saturated heterocycles. The molecule has 4 unspecified atom stereocenters. The van der Waals surface area contributed by atoms with Crippen LogP contribution in [0.25, 0.3) is 11.1 Å². The van der Waals surface area contributed by atoms with Gasteiger partial charge in [0, 0.05) is 36.6 Å². The number of carbonyl (C=O) groups is 2. The number of hydrogen-bond acceptors (Lipinski definition) is 7. The van der Waals surface area contributed by atoms with Gasteiger partial charge in [0.1, 0.15) is 6.04 Å². The van der Waals surface area contributed by atoms with Crippen LogP contribution in [0.4, 0.5) is 13.2 Å². The Bertz CT molecular complexity index is 1490. The molecule has 0 bridgehead atoms. The maximum Gasteiger partial charge on any atom is 0.471 e. The molecular formula is C34H37F3N2O6S. The van der Waals surface area contributed by atoms with Gasteiger partial charge in [-0.25, -0.2) is 0 Å². The summed E-state index contributed by atoms with van der Waals surface area (Å²) >= 11 is 1.62. The quantitative estimate of drug-likeness (QED) is 0.241. The molecule has 5 rings (SSSR count). The van der Waals surface area contributed by atoms with Crippen molar-refractivity contribution in [3.8, 4) is 11.1 Å². The average molecular weight is 659 g/mol. The van der Waals surface area contributed by atoms with Gasteiger partial charge in [-0.1, -0.05) is 60.7 Å². The molecule has 2 heterocycles. The van der Waals surface area contributed by atoms with Gasteiger partial charge in [-0.2, -0.15) is 24.9 Å². The number of ether oxygens (including phenoxy) is 2. The third kappa shape index (κ3) is 8.48. The van der Waals surface area contributed by atoms with E-state index in [1.807, 2.05) is 72.8 Å². The molecule has 46 heavy (non-hydrogen) atoms. The van der Waals surface area contributed by atoms with E-state index >= 15 is 0 Å². The Hall–Kier alpha value is -3.42. The van der Waals surface area contributed by atoms with Crippen LogP contribution in [0.2, 0.25) is 0 Å². The molecule has 4 atom stereocenters. The number of hydrogen-bond donors (Lipinski definition) is 3. The molecule has 3 N–H and O–H groups in total. The van der Waals surface area contributed by atoms with Crippen LogP contribution in [-0.2, 0) is 32.2 Å². The molecule has 0 saturated carbocycles. The van der Waals surface area contributed by atoms with Gasteiger partial charge >= 0.3 is 12.1 Å². The first-order chi connectivity index (χ1) is 22.2. The molecule has 0 aromatic heterocycles. The van der Waals surface area contributed by atoms with E-state index in [0.717, 1.165) is 33.4 Å². The zero-order valence-electron chi connectivity index (χ0n) is 25.1. The maximum absolute atomic E-state index is 13.0. The molecule has 2 amide bonds. The third-order valence-corrected chi connectivity index (χ3v) is 9.18. The number of halogens is 3. The van der Waals surface area contributed by atoms with E-state index in [9.17, 15) is 33.0 Å². The van der Waals surface area contributed by atoms with Gasteiger partial charge in [-0.05, 0) is 52.8 Å². The Kier molecular flexibility index (Phi) is 11.4. The number of aliphatic hydroxyl groups excluding tert-OH is 2. The van der Waals surface area contributed by atoms with Gasteiger partial charge < -0.3 is 29.9 Å². The first-order valence-electron chi connectivity index (χ1n) is 15.2. The number of carbonyl (C=O) groups excluding carboxylic acids is 2. The lowest BCUT2D eigenvalue weighted by Gasteiger charge is -2.36. The lowest BCUT2D eigenvalue weighted by molar-refractivity contribution is -0.245. The van der Waals surface area contributed by atoms with E-state index in [1.165, 1.54) is 0 Å². The molecule has 12 heteroatoms. The second-order valence-corrected chi connectivity index (χ2v) is 12.5. The van der Waals surface area contributed by atoms with Crippen molar-refractivity contribution in [2.24, 2.45) is 0 Å². The molecule has 2 aliphatic heterocycles. The third-order valence-electron chi connectivity index (χ3n) is 8.10. The highest BCUT2D eigenvalue weighted by Crippen LogP contribution is 2.39. The Morgan fingerprint density at radius 1 is 0.935 bits per heavy atom. The van der Waals surface area contributed by atoms with E-state index in [-0.39, 0.29) is 44.9 Å². The number of likely N-dealkylation sites (tertiary alicyclic amines) is 1. The van der Waals surface area contributed by atoms with E-state index < -0.39 is 30.3 Å². The van der Waals surface area contributed by atoms with Crippen LogP contribution in [0, 0.1) is 0 Å². The molecule has 0 spiro atoms. The van der Waals surface area contributed by atoms with Crippen LogP contribution in [0.15, 0.2) is 72.8 Å². The molecule has 0 radical (unpaired) electrons. The normalized spacial score (nSPS) is 21.7.